The Hall–Kier alpha value is -0.850. The van der Waals surface area contributed by atoms with Gasteiger partial charge in [0.15, 0.2) is 0 Å². The van der Waals surface area contributed by atoms with Crippen LogP contribution in [0.15, 0.2) is 24.3 Å². The maximum atomic E-state index is 9.89. The second-order valence-corrected chi connectivity index (χ2v) is 2.33. The zero-order valence-electron chi connectivity index (χ0n) is 7.12. The zero-order valence-corrected chi connectivity index (χ0v) is 7.12. The van der Waals surface area contributed by atoms with Gasteiger partial charge < -0.3 is 4.79 Å². The number of allylic oxidation sites excluding steroid dienone is 4. The summed E-state index contributed by atoms with van der Waals surface area (Å²) in [5.74, 6) is 0. The van der Waals surface area contributed by atoms with Crippen LogP contribution in [-0.4, -0.2) is 6.29 Å². The minimum atomic E-state index is 0.647. The third kappa shape index (κ3) is 9.15. The molecule has 0 N–H and O–H groups in total. The van der Waals surface area contributed by atoms with E-state index < -0.39 is 0 Å². The number of rotatable bonds is 6. The molecule has 0 unspecified atom stereocenters. The zero-order chi connectivity index (χ0) is 8.36. The Balaban J connectivity index is 3.15. The molecule has 0 aromatic carbocycles. The first-order valence-corrected chi connectivity index (χ1v) is 4.15. The molecule has 1 nitrogen and oxygen atoms in total. The van der Waals surface area contributed by atoms with Gasteiger partial charge in [-0.15, -0.1) is 0 Å². The fourth-order valence-corrected chi connectivity index (χ4v) is 0.720. The van der Waals surface area contributed by atoms with Crippen LogP contribution in [0, 0.1) is 0 Å². The van der Waals surface area contributed by atoms with Crippen LogP contribution in [0.4, 0.5) is 0 Å². The molecule has 0 saturated heterocycles. The van der Waals surface area contributed by atoms with E-state index in [1.165, 1.54) is 0 Å². The Morgan fingerprint density at radius 2 is 1.73 bits per heavy atom. The Morgan fingerprint density at radius 1 is 1.00 bits per heavy atom. The average molecular weight is 152 g/mol. The van der Waals surface area contributed by atoms with E-state index in [9.17, 15) is 4.79 Å². The molecule has 0 aliphatic heterocycles. The fourth-order valence-electron chi connectivity index (χ4n) is 0.720. The van der Waals surface area contributed by atoms with Gasteiger partial charge in [0.2, 0.25) is 0 Å². The van der Waals surface area contributed by atoms with Crippen molar-refractivity contribution in [3.05, 3.63) is 24.3 Å². The maximum absolute atomic E-state index is 9.89. The van der Waals surface area contributed by atoms with Crippen molar-refractivity contribution in [1.82, 2.24) is 0 Å². The average Bonchev–Trinajstić information content (AvgIpc) is 2.03. The summed E-state index contributed by atoms with van der Waals surface area (Å²) in [5, 5.41) is 0. The topological polar surface area (TPSA) is 17.1 Å². The lowest BCUT2D eigenvalue weighted by molar-refractivity contribution is -0.107. The summed E-state index contributed by atoms with van der Waals surface area (Å²) >= 11 is 0. The molecule has 0 aromatic heterocycles. The van der Waals surface area contributed by atoms with Crippen LogP contribution in [0.25, 0.3) is 0 Å². The third-order valence-corrected chi connectivity index (χ3v) is 1.29. The molecule has 1 heteroatoms. The van der Waals surface area contributed by atoms with Crippen molar-refractivity contribution in [2.75, 3.05) is 0 Å². The maximum Gasteiger partial charge on any atom is 0.120 e. The van der Waals surface area contributed by atoms with Gasteiger partial charge in [-0.2, -0.15) is 0 Å². The van der Waals surface area contributed by atoms with Gasteiger partial charge in [-0.05, 0) is 19.3 Å². The quantitative estimate of drug-likeness (QED) is 0.325. The first-order chi connectivity index (χ1) is 5.41. The minimum Gasteiger partial charge on any atom is -0.303 e. The molecule has 0 aliphatic rings. The van der Waals surface area contributed by atoms with E-state index in [1.807, 2.05) is 0 Å². The summed E-state index contributed by atoms with van der Waals surface area (Å²) in [5.41, 5.74) is 0. The van der Waals surface area contributed by atoms with Crippen LogP contribution in [-0.2, 0) is 4.79 Å². The molecular formula is C10H16O. The summed E-state index contributed by atoms with van der Waals surface area (Å²) < 4.78 is 0. The predicted octanol–water partition coefficient (Wildman–Crippen LogP) is 2.88. The van der Waals surface area contributed by atoms with Gasteiger partial charge in [-0.25, -0.2) is 0 Å². The highest BCUT2D eigenvalue weighted by molar-refractivity contribution is 5.49. The highest BCUT2D eigenvalue weighted by Gasteiger charge is 1.76. The lowest BCUT2D eigenvalue weighted by atomic mass is 10.2. The van der Waals surface area contributed by atoms with E-state index >= 15 is 0 Å². The molecule has 0 aromatic rings. The summed E-state index contributed by atoms with van der Waals surface area (Å²) in [6, 6.07) is 0. The summed E-state index contributed by atoms with van der Waals surface area (Å²) in [6.45, 7) is 2.12. The van der Waals surface area contributed by atoms with E-state index in [2.05, 4.69) is 31.2 Å². The van der Waals surface area contributed by atoms with E-state index in [4.69, 9.17) is 0 Å². The molecule has 0 amide bonds. The lowest BCUT2D eigenvalue weighted by Crippen LogP contribution is -1.69. The monoisotopic (exact) mass is 152 g/mol. The van der Waals surface area contributed by atoms with Crippen LogP contribution in [0.5, 0.6) is 0 Å². The molecule has 0 heterocycles. The van der Waals surface area contributed by atoms with Crippen LogP contribution in [0.2, 0.25) is 0 Å². The summed E-state index contributed by atoms with van der Waals surface area (Å²) in [7, 11) is 0. The minimum absolute atomic E-state index is 0.647. The Kier molecular flexibility index (Phi) is 8.44. The standard InChI is InChI=1S/C10H16O/c1-2-3-4-5-6-7-8-9-10-11/h3-4,6-7,10H,2,5,8-9H2,1H3/b4-3-,7-6-. The first kappa shape index (κ1) is 10.2. The molecular weight excluding hydrogens is 136 g/mol. The van der Waals surface area contributed by atoms with Gasteiger partial charge in [-0.3, -0.25) is 0 Å². The number of hydrogen-bond donors (Lipinski definition) is 0. The fraction of sp³-hybridized carbons (Fsp3) is 0.500. The van der Waals surface area contributed by atoms with Gasteiger partial charge in [0.05, 0.1) is 0 Å². The third-order valence-electron chi connectivity index (χ3n) is 1.29. The van der Waals surface area contributed by atoms with Crippen molar-refractivity contribution in [1.29, 1.82) is 0 Å². The molecule has 0 saturated carbocycles. The SMILES string of the molecule is CC/C=C\C/C=C\CCC=O. The van der Waals surface area contributed by atoms with E-state index in [1.54, 1.807) is 0 Å². The number of carbonyl (C=O) groups excluding carboxylic acids is 1. The first-order valence-electron chi connectivity index (χ1n) is 4.15. The molecule has 0 aliphatic carbocycles. The van der Waals surface area contributed by atoms with E-state index in [0.29, 0.717) is 6.42 Å². The Labute approximate surface area is 68.8 Å². The van der Waals surface area contributed by atoms with Crippen LogP contribution < -0.4 is 0 Å². The van der Waals surface area contributed by atoms with Gasteiger partial charge >= 0.3 is 0 Å². The van der Waals surface area contributed by atoms with Crippen molar-refractivity contribution < 1.29 is 4.79 Å². The molecule has 0 spiro atoms. The molecule has 0 atom stereocenters. The highest BCUT2D eigenvalue weighted by Crippen LogP contribution is 1.92. The number of carbonyl (C=O) groups is 1. The van der Waals surface area contributed by atoms with Gasteiger partial charge in [0, 0.05) is 6.42 Å². The van der Waals surface area contributed by atoms with Gasteiger partial charge in [0.1, 0.15) is 6.29 Å². The molecule has 0 rings (SSSR count). The van der Waals surface area contributed by atoms with Crippen LogP contribution >= 0.6 is 0 Å². The van der Waals surface area contributed by atoms with E-state index in [0.717, 1.165) is 25.5 Å². The van der Waals surface area contributed by atoms with Crippen LogP contribution in [0.3, 0.4) is 0 Å². The molecule has 0 radical (unpaired) electrons. The lowest BCUT2D eigenvalue weighted by Gasteiger charge is -1.82. The summed E-state index contributed by atoms with van der Waals surface area (Å²) in [4.78, 5) is 9.89. The predicted molar refractivity (Wildman–Crippen MR) is 48.5 cm³/mol. The number of unbranched alkanes of at least 4 members (excludes halogenated alkanes) is 1. The van der Waals surface area contributed by atoms with Crippen LogP contribution in [0.1, 0.15) is 32.6 Å². The Morgan fingerprint density at radius 3 is 2.36 bits per heavy atom. The van der Waals surface area contributed by atoms with Crippen molar-refractivity contribution >= 4 is 6.29 Å². The highest BCUT2D eigenvalue weighted by atomic mass is 16.1. The van der Waals surface area contributed by atoms with Crippen molar-refractivity contribution in [3.63, 3.8) is 0 Å². The second-order valence-electron chi connectivity index (χ2n) is 2.33. The number of hydrogen-bond acceptors (Lipinski definition) is 1. The largest absolute Gasteiger partial charge is 0.303 e. The number of aldehydes is 1. The van der Waals surface area contributed by atoms with Crippen molar-refractivity contribution in [2.45, 2.75) is 32.6 Å². The van der Waals surface area contributed by atoms with Crippen molar-refractivity contribution in [2.24, 2.45) is 0 Å². The summed E-state index contributed by atoms with van der Waals surface area (Å²) in [6.07, 6.45) is 13.0. The van der Waals surface area contributed by atoms with Gasteiger partial charge in [-0.1, -0.05) is 31.2 Å². The molecule has 0 bridgehead atoms. The smallest absolute Gasteiger partial charge is 0.120 e. The Bertz CT molecular complexity index is 134. The normalized spacial score (nSPS) is 11.4. The molecule has 11 heavy (non-hydrogen) atoms. The second kappa shape index (κ2) is 9.15. The van der Waals surface area contributed by atoms with Gasteiger partial charge in [0.25, 0.3) is 0 Å². The molecule has 0 fully saturated rings. The van der Waals surface area contributed by atoms with Crippen molar-refractivity contribution in [3.8, 4) is 0 Å². The van der Waals surface area contributed by atoms with E-state index in [-0.39, 0.29) is 0 Å². The molecule has 62 valence electrons.